The molecule has 0 aromatic heterocycles. The first-order valence-electron chi connectivity index (χ1n) is 9.38. The minimum atomic E-state index is -4.43. The summed E-state index contributed by atoms with van der Waals surface area (Å²) in [6.45, 7) is 1.90. The molecule has 0 aliphatic carbocycles. The molecule has 2 aliphatic heterocycles. The van der Waals surface area contributed by atoms with E-state index in [1.165, 1.54) is 6.07 Å². The zero-order chi connectivity index (χ0) is 20.3. The van der Waals surface area contributed by atoms with Crippen molar-refractivity contribution in [3.8, 4) is 0 Å². The third-order valence-corrected chi connectivity index (χ3v) is 5.27. The second-order valence-electron chi connectivity index (χ2n) is 7.29. The summed E-state index contributed by atoms with van der Waals surface area (Å²) in [5, 5.41) is 12.3. The summed E-state index contributed by atoms with van der Waals surface area (Å²) in [5.41, 5.74) is -0.283. The van der Waals surface area contributed by atoms with E-state index < -0.39 is 23.9 Å². The van der Waals surface area contributed by atoms with E-state index in [4.69, 9.17) is 0 Å². The highest BCUT2D eigenvalue weighted by Crippen LogP contribution is 2.30. The lowest BCUT2D eigenvalue weighted by atomic mass is 10.0. The number of piperazine rings is 1. The molecule has 2 N–H and O–H groups in total. The van der Waals surface area contributed by atoms with E-state index in [1.807, 2.05) is 0 Å². The Balaban J connectivity index is 1.69. The number of likely N-dealkylation sites (tertiary alicyclic amines) is 1. The minimum Gasteiger partial charge on any atom is -0.393 e. The number of hydrogen-bond acceptors (Lipinski definition) is 4. The maximum absolute atomic E-state index is 12.9. The number of benzene rings is 1. The Bertz CT molecular complexity index is 718. The van der Waals surface area contributed by atoms with E-state index >= 15 is 0 Å². The fourth-order valence-corrected chi connectivity index (χ4v) is 3.66. The van der Waals surface area contributed by atoms with Gasteiger partial charge < -0.3 is 15.3 Å². The zero-order valence-electron chi connectivity index (χ0n) is 15.4. The van der Waals surface area contributed by atoms with Gasteiger partial charge in [-0.25, -0.2) is 0 Å². The normalized spacial score (nSPS) is 22.2. The Labute approximate surface area is 161 Å². The van der Waals surface area contributed by atoms with Gasteiger partial charge >= 0.3 is 6.18 Å². The van der Waals surface area contributed by atoms with Gasteiger partial charge in [0.05, 0.1) is 24.1 Å². The zero-order valence-corrected chi connectivity index (χ0v) is 15.4. The number of aliphatic hydroxyl groups is 1. The number of alkyl halides is 3. The average molecular weight is 399 g/mol. The molecule has 0 spiro atoms. The van der Waals surface area contributed by atoms with Gasteiger partial charge in [0.2, 0.25) is 11.8 Å². The summed E-state index contributed by atoms with van der Waals surface area (Å²) >= 11 is 0. The van der Waals surface area contributed by atoms with E-state index in [2.05, 4.69) is 5.32 Å². The van der Waals surface area contributed by atoms with Gasteiger partial charge in [0.15, 0.2) is 0 Å². The lowest BCUT2D eigenvalue weighted by Gasteiger charge is -2.37. The number of halogens is 3. The molecule has 0 unspecified atom stereocenters. The van der Waals surface area contributed by atoms with Crippen molar-refractivity contribution >= 4 is 11.8 Å². The van der Waals surface area contributed by atoms with Crippen molar-refractivity contribution in [3.05, 3.63) is 35.4 Å². The summed E-state index contributed by atoms with van der Waals surface area (Å²) in [5.74, 6) is -0.466. The molecule has 0 radical (unpaired) electrons. The van der Waals surface area contributed by atoms with Crippen molar-refractivity contribution in [3.63, 3.8) is 0 Å². The van der Waals surface area contributed by atoms with Crippen LogP contribution in [0.4, 0.5) is 13.2 Å². The van der Waals surface area contributed by atoms with E-state index in [9.17, 15) is 27.9 Å². The molecule has 6 nitrogen and oxygen atoms in total. The number of nitrogens with one attached hydrogen (secondary N) is 1. The fraction of sp³-hybridized carbons (Fsp3) is 0.579. The largest absolute Gasteiger partial charge is 0.416 e. The molecule has 28 heavy (non-hydrogen) atoms. The second-order valence-corrected chi connectivity index (χ2v) is 7.29. The molecule has 3 rings (SSSR count). The summed E-state index contributed by atoms with van der Waals surface area (Å²) in [4.78, 5) is 28.3. The first-order valence-corrected chi connectivity index (χ1v) is 9.38. The molecular formula is C19H24F3N3O3. The molecule has 2 heterocycles. The SMILES string of the molecule is O=C1NCCN(Cc2cccc(C(F)(F)F)c2)[C@H]1CC(=O)N1CCC(O)CC1. The van der Waals surface area contributed by atoms with Gasteiger partial charge in [0, 0.05) is 32.7 Å². The number of rotatable bonds is 4. The van der Waals surface area contributed by atoms with Crippen LogP contribution in [-0.2, 0) is 22.3 Å². The van der Waals surface area contributed by atoms with Crippen molar-refractivity contribution in [1.82, 2.24) is 15.1 Å². The Morgan fingerprint density at radius 2 is 1.93 bits per heavy atom. The molecule has 1 aromatic rings. The monoisotopic (exact) mass is 399 g/mol. The van der Waals surface area contributed by atoms with Gasteiger partial charge in [0.1, 0.15) is 0 Å². The second kappa shape index (κ2) is 8.48. The third kappa shape index (κ3) is 5.02. The van der Waals surface area contributed by atoms with Crippen molar-refractivity contribution in [2.75, 3.05) is 26.2 Å². The fourth-order valence-electron chi connectivity index (χ4n) is 3.66. The number of carbonyl (C=O) groups excluding carboxylic acids is 2. The van der Waals surface area contributed by atoms with Gasteiger partial charge in [-0.1, -0.05) is 18.2 Å². The van der Waals surface area contributed by atoms with Crippen LogP contribution < -0.4 is 5.32 Å². The van der Waals surface area contributed by atoms with Crippen LogP contribution in [0.25, 0.3) is 0 Å². The van der Waals surface area contributed by atoms with E-state index in [-0.39, 0.29) is 24.8 Å². The summed E-state index contributed by atoms with van der Waals surface area (Å²) in [6, 6.07) is 4.31. The van der Waals surface area contributed by atoms with Gasteiger partial charge in [-0.15, -0.1) is 0 Å². The number of nitrogens with zero attached hydrogens (tertiary/aromatic N) is 2. The van der Waals surface area contributed by atoms with E-state index in [0.29, 0.717) is 44.6 Å². The van der Waals surface area contributed by atoms with Crippen molar-refractivity contribution in [2.24, 2.45) is 0 Å². The van der Waals surface area contributed by atoms with Gasteiger partial charge in [-0.3, -0.25) is 14.5 Å². The predicted octanol–water partition coefficient (Wildman–Crippen LogP) is 1.38. The smallest absolute Gasteiger partial charge is 0.393 e. The van der Waals surface area contributed by atoms with Crippen LogP contribution in [0.15, 0.2) is 24.3 Å². The lowest BCUT2D eigenvalue weighted by Crippen LogP contribution is -2.56. The summed E-state index contributed by atoms with van der Waals surface area (Å²) in [6.07, 6.45) is -3.84. The van der Waals surface area contributed by atoms with E-state index in [0.717, 1.165) is 12.1 Å². The van der Waals surface area contributed by atoms with Crippen LogP contribution in [0.2, 0.25) is 0 Å². The molecule has 1 atom stereocenters. The van der Waals surface area contributed by atoms with Gasteiger partial charge in [-0.05, 0) is 24.5 Å². The Kier molecular flexibility index (Phi) is 6.24. The quantitative estimate of drug-likeness (QED) is 0.803. The molecule has 1 aromatic carbocycles. The van der Waals surface area contributed by atoms with Crippen LogP contribution >= 0.6 is 0 Å². The highest BCUT2D eigenvalue weighted by atomic mass is 19.4. The Hall–Kier alpha value is -2.13. The summed E-state index contributed by atoms with van der Waals surface area (Å²) < 4.78 is 38.8. The molecule has 9 heteroatoms. The molecule has 0 saturated carbocycles. The molecule has 2 aliphatic rings. The molecule has 154 valence electrons. The first kappa shape index (κ1) is 20.6. The van der Waals surface area contributed by atoms with Crippen LogP contribution in [0.1, 0.15) is 30.4 Å². The third-order valence-electron chi connectivity index (χ3n) is 5.27. The lowest BCUT2D eigenvalue weighted by molar-refractivity contribution is -0.140. The molecule has 2 fully saturated rings. The topological polar surface area (TPSA) is 72.9 Å². The highest BCUT2D eigenvalue weighted by molar-refractivity contribution is 5.88. The molecule has 2 saturated heterocycles. The standard InChI is InChI=1S/C19H24F3N3O3/c20-19(21,22)14-3-1-2-13(10-14)12-25-9-6-23-18(28)16(25)11-17(27)24-7-4-15(26)5-8-24/h1-3,10,15-16,26H,4-9,11-12H2,(H,23,28)/t16-/m0/s1. The summed E-state index contributed by atoms with van der Waals surface area (Å²) in [7, 11) is 0. The number of amides is 2. The van der Waals surface area contributed by atoms with Crippen molar-refractivity contribution in [1.29, 1.82) is 0 Å². The van der Waals surface area contributed by atoms with Crippen molar-refractivity contribution < 1.29 is 27.9 Å². The maximum Gasteiger partial charge on any atom is 0.416 e. The Morgan fingerprint density at radius 3 is 2.61 bits per heavy atom. The van der Waals surface area contributed by atoms with Crippen LogP contribution in [-0.4, -0.2) is 65.0 Å². The average Bonchev–Trinajstić information content (AvgIpc) is 2.64. The van der Waals surface area contributed by atoms with Crippen LogP contribution in [0.5, 0.6) is 0 Å². The number of piperidine rings is 1. The maximum atomic E-state index is 12.9. The first-order chi connectivity index (χ1) is 13.2. The van der Waals surface area contributed by atoms with Crippen LogP contribution in [0.3, 0.4) is 0 Å². The molecule has 0 bridgehead atoms. The van der Waals surface area contributed by atoms with Gasteiger partial charge in [0.25, 0.3) is 0 Å². The van der Waals surface area contributed by atoms with Gasteiger partial charge in [-0.2, -0.15) is 13.2 Å². The number of carbonyl (C=O) groups is 2. The van der Waals surface area contributed by atoms with Crippen molar-refractivity contribution in [2.45, 2.75) is 44.1 Å². The van der Waals surface area contributed by atoms with E-state index in [1.54, 1.807) is 15.9 Å². The molecular weight excluding hydrogens is 375 g/mol. The number of hydrogen-bond donors (Lipinski definition) is 2. The predicted molar refractivity (Wildman–Crippen MR) is 95.1 cm³/mol. The Morgan fingerprint density at radius 1 is 1.21 bits per heavy atom. The minimum absolute atomic E-state index is 0.0269. The number of aliphatic hydroxyl groups excluding tert-OH is 1. The highest BCUT2D eigenvalue weighted by Gasteiger charge is 2.34. The van der Waals surface area contributed by atoms with Crippen LogP contribution in [0, 0.1) is 0 Å². The molecule has 2 amide bonds.